The van der Waals surface area contributed by atoms with Gasteiger partial charge in [0.15, 0.2) is 0 Å². The molecular weight excluding hydrogens is 220 g/mol. The Morgan fingerprint density at radius 3 is 2.39 bits per heavy atom. The van der Waals surface area contributed by atoms with Gasteiger partial charge in [-0.05, 0) is 37.8 Å². The van der Waals surface area contributed by atoms with Gasteiger partial charge in [-0.25, -0.2) is 0 Å². The fraction of sp³-hybridized carbons (Fsp3) is 0.625. The Hall–Kier alpha value is -1.02. The Labute approximate surface area is 113 Å². The number of nitrogens with zero attached hydrogens (tertiary/aromatic N) is 1. The summed E-state index contributed by atoms with van der Waals surface area (Å²) in [7, 11) is 0. The van der Waals surface area contributed by atoms with Gasteiger partial charge in [0, 0.05) is 17.8 Å². The Balaban J connectivity index is 2.49. The summed E-state index contributed by atoms with van der Waals surface area (Å²) in [4.78, 5) is 2.42. The van der Waals surface area contributed by atoms with E-state index in [9.17, 15) is 0 Å². The first kappa shape index (κ1) is 12.0. The lowest BCUT2D eigenvalue weighted by Crippen LogP contribution is -2.47. The van der Waals surface area contributed by atoms with Crippen LogP contribution in [0.25, 0.3) is 0 Å². The van der Waals surface area contributed by atoms with Gasteiger partial charge < -0.3 is 4.90 Å². The Kier molecular flexibility index (Phi) is 3.06. The van der Waals surface area contributed by atoms with Gasteiger partial charge in [0.25, 0.3) is 0 Å². The van der Waals surface area contributed by atoms with E-state index in [0.29, 0.717) is 6.04 Å². The molecule has 100 valence electrons. The molecule has 0 spiro atoms. The van der Waals surface area contributed by atoms with Gasteiger partial charge in [0.1, 0.15) is 1.41 Å². The molecule has 1 heterocycles. The van der Waals surface area contributed by atoms with Gasteiger partial charge in [0.05, 0.1) is 6.17 Å². The first-order valence-electron chi connectivity index (χ1n) is 7.31. The second-order valence-electron chi connectivity index (χ2n) is 6.56. The summed E-state index contributed by atoms with van der Waals surface area (Å²) in [5, 5.41) is 1.77. The Bertz CT molecular complexity index is 452. The van der Waals surface area contributed by atoms with Crippen LogP contribution in [0.2, 0.25) is 1.41 Å². The molecule has 1 saturated heterocycles. The highest BCUT2D eigenvalue weighted by molar-refractivity contribution is 5.56. The van der Waals surface area contributed by atoms with E-state index in [2.05, 4.69) is 70.7 Å². The maximum absolute atomic E-state index is 8.42. The summed E-state index contributed by atoms with van der Waals surface area (Å²) in [6, 6.07) is 9.08. The van der Waals surface area contributed by atoms with Crippen LogP contribution >= 0.6 is 0 Å². The largest absolute Gasteiger partial charge is 0.351 e. The zero-order valence-corrected chi connectivity index (χ0v) is 12.4. The minimum absolute atomic E-state index is 0.0447. The van der Waals surface area contributed by atoms with E-state index in [1.165, 1.54) is 11.3 Å². The van der Waals surface area contributed by atoms with Crippen molar-refractivity contribution in [3.05, 3.63) is 29.8 Å². The smallest absolute Gasteiger partial charge is 0.125 e. The average molecular weight is 247 g/mol. The van der Waals surface area contributed by atoms with Crippen molar-refractivity contribution >= 4 is 5.69 Å². The monoisotopic (exact) mass is 247 g/mol. The van der Waals surface area contributed by atoms with Crippen molar-refractivity contribution in [3.63, 3.8) is 0 Å². The lowest BCUT2D eigenvalue weighted by Gasteiger charge is -2.38. The number of anilines is 1. The molecule has 1 aliphatic heterocycles. The molecule has 2 heteroatoms. The Morgan fingerprint density at radius 2 is 1.83 bits per heavy atom. The topological polar surface area (TPSA) is 15.3 Å². The number of hydrogen-bond donors (Lipinski definition) is 1. The minimum Gasteiger partial charge on any atom is -0.351 e. The van der Waals surface area contributed by atoms with Crippen LogP contribution < -0.4 is 10.2 Å². The van der Waals surface area contributed by atoms with Gasteiger partial charge in [-0.15, -0.1) is 0 Å². The third-order valence-electron chi connectivity index (χ3n) is 3.94. The van der Waals surface area contributed by atoms with Crippen LogP contribution in [0.4, 0.5) is 5.69 Å². The predicted molar refractivity (Wildman–Crippen MR) is 79.0 cm³/mol. The number of benzene rings is 1. The predicted octanol–water partition coefficient (Wildman–Crippen LogP) is 3.55. The molecular formula is C16H26N2. The molecule has 2 nitrogen and oxygen atoms in total. The van der Waals surface area contributed by atoms with Gasteiger partial charge in [0.2, 0.25) is 0 Å². The number of hydrogen-bond acceptors (Lipinski definition) is 2. The van der Waals surface area contributed by atoms with E-state index >= 15 is 0 Å². The lowest BCUT2D eigenvalue weighted by molar-refractivity contribution is 0.289. The molecule has 0 aliphatic carbocycles. The van der Waals surface area contributed by atoms with Crippen LogP contribution in [0.1, 0.15) is 40.2 Å². The van der Waals surface area contributed by atoms with Gasteiger partial charge in [-0.2, -0.15) is 0 Å². The Morgan fingerprint density at radius 1 is 1.22 bits per heavy atom. The van der Waals surface area contributed by atoms with Crippen molar-refractivity contribution in [2.75, 3.05) is 4.90 Å². The SMILES string of the molecule is [2H]N1C(C)[C@H](C)N(c2ccccc2C)C1C(C)(C)C. The molecule has 1 aliphatic rings. The molecule has 0 bridgehead atoms. The minimum atomic E-state index is 0.0447. The van der Waals surface area contributed by atoms with Crippen LogP contribution in [-0.2, 0) is 0 Å². The van der Waals surface area contributed by atoms with E-state index in [1.54, 1.807) is 5.31 Å². The molecule has 18 heavy (non-hydrogen) atoms. The quantitative estimate of drug-likeness (QED) is 0.816. The van der Waals surface area contributed by atoms with Crippen LogP contribution in [-0.4, -0.2) is 18.2 Å². The van der Waals surface area contributed by atoms with Crippen LogP contribution in [0, 0.1) is 12.3 Å². The van der Waals surface area contributed by atoms with Gasteiger partial charge in [-0.3, -0.25) is 5.31 Å². The van der Waals surface area contributed by atoms with Gasteiger partial charge >= 0.3 is 0 Å². The number of para-hydroxylation sites is 1. The maximum atomic E-state index is 8.42. The summed E-state index contributed by atoms with van der Waals surface area (Å²) in [6.45, 7) is 13.2. The first-order valence-corrected chi connectivity index (χ1v) is 6.86. The summed E-state index contributed by atoms with van der Waals surface area (Å²) >= 11 is 0. The molecule has 0 radical (unpaired) electrons. The van der Waals surface area contributed by atoms with Crippen molar-refractivity contribution in [2.45, 2.75) is 59.8 Å². The van der Waals surface area contributed by atoms with Crippen molar-refractivity contribution in [3.8, 4) is 0 Å². The zero-order chi connectivity index (χ0) is 14.4. The summed E-state index contributed by atoms with van der Waals surface area (Å²) in [5.74, 6) is 0. The second kappa shape index (κ2) is 4.58. The highest BCUT2D eigenvalue weighted by Gasteiger charge is 2.41. The van der Waals surface area contributed by atoms with Crippen LogP contribution in [0.5, 0.6) is 0 Å². The number of nitrogens with one attached hydrogen (secondary N) is 1. The third kappa shape index (κ3) is 2.26. The summed E-state index contributed by atoms with van der Waals surface area (Å²) in [6.07, 6.45) is 0.110. The maximum Gasteiger partial charge on any atom is 0.125 e. The van der Waals surface area contributed by atoms with E-state index in [0.717, 1.165) is 0 Å². The van der Waals surface area contributed by atoms with Gasteiger partial charge in [-0.1, -0.05) is 39.0 Å². The molecule has 1 fully saturated rings. The normalized spacial score (nSPS) is 30.7. The molecule has 0 saturated carbocycles. The molecule has 0 aromatic heterocycles. The molecule has 2 unspecified atom stereocenters. The first-order chi connectivity index (χ1) is 8.75. The fourth-order valence-corrected chi connectivity index (χ4v) is 2.72. The van der Waals surface area contributed by atoms with Crippen molar-refractivity contribution in [2.24, 2.45) is 5.41 Å². The lowest BCUT2D eigenvalue weighted by atomic mass is 9.91. The molecule has 1 aromatic carbocycles. The van der Waals surface area contributed by atoms with E-state index < -0.39 is 0 Å². The van der Waals surface area contributed by atoms with E-state index in [4.69, 9.17) is 1.41 Å². The highest BCUT2D eigenvalue weighted by atomic mass is 15.4. The van der Waals surface area contributed by atoms with Crippen LogP contribution in [0.15, 0.2) is 24.3 Å². The number of rotatable bonds is 1. The zero-order valence-electron chi connectivity index (χ0n) is 13.4. The molecule has 2 rings (SSSR count). The average Bonchev–Trinajstić information content (AvgIpc) is 2.54. The molecule has 3 atom stereocenters. The van der Waals surface area contributed by atoms with Crippen molar-refractivity contribution < 1.29 is 1.41 Å². The van der Waals surface area contributed by atoms with Crippen molar-refractivity contribution in [1.82, 2.24) is 5.31 Å². The van der Waals surface area contributed by atoms with Crippen LogP contribution in [0.3, 0.4) is 0 Å². The summed E-state index contributed by atoms with van der Waals surface area (Å²) in [5.41, 5.74) is 2.59. The molecule has 0 amide bonds. The third-order valence-corrected chi connectivity index (χ3v) is 3.94. The molecule has 1 N–H and O–H groups in total. The van der Waals surface area contributed by atoms with E-state index in [1.807, 2.05) is 0 Å². The summed E-state index contributed by atoms with van der Waals surface area (Å²) < 4.78 is 8.42. The highest BCUT2D eigenvalue weighted by Crippen LogP contribution is 2.35. The number of aryl methyl sites for hydroxylation is 1. The van der Waals surface area contributed by atoms with Crippen molar-refractivity contribution in [1.29, 1.82) is 0 Å². The molecule has 1 aromatic rings. The second-order valence-corrected chi connectivity index (χ2v) is 6.56. The van der Waals surface area contributed by atoms with E-state index in [-0.39, 0.29) is 17.6 Å². The fourth-order valence-electron chi connectivity index (χ4n) is 2.72. The standard InChI is InChI=1S/C16H26N2/c1-11-9-7-8-10-14(11)18-13(3)12(2)17-15(18)16(4,5)6/h7-10,12-13,15,17H,1-6H3/t12?,13-,15?/m0/s1/i/hD.